The molecule has 3 rings (SSSR count). The van der Waals surface area contributed by atoms with Crippen molar-refractivity contribution in [3.05, 3.63) is 68.5 Å². The molecule has 0 bridgehead atoms. The summed E-state index contributed by atoms with van der Waals surface area (Å²) in [7, 11) is 2.57. The molecule has 0 radical (unpaired) electrons. The number of amides is 1. The molecule has 194 valence electrons. The van der Waals surface area contributed by atoms with Crippen LogP contribution < -0.4 is 19.8 Å². The van der Waals surface area contributed by atoms with E-state index in [2.05, 4.69) is 9.44 Å². The van der Waals surface area contributed by atoms with E-state index in [4.69, 9.17) is 20.8 Å². The molecule has 0 atom stereocenters. The maximum Gasteiger partial charge on any atom is 0.414 e. The van der Waals surface area contributed by atoms with Gasteiger partial charge in [-0.25, -0.2) is 14.3 Å². The Kier molecular flexibility index (Phi) is 8.62. The predicted molar refractivity (Wildman–Crippen MR) is 140 cm³/mol. The van der Waals surface area contributed by atoms with E-state index < -0.39 is 21.9 Å². The van der Waals surface area contributed by atoms with Gasteiger partial charge in [0.2, 0.25) is 0 Å². The minimum absolute atomic E-state index is 0.122. The van der Waals surface area contributed by atoms with Crippen molar-refractivity contribution in [2.45, 2.75) is 19.9 Å². The molecule has 0 unspecified atom stereocenters. The normalized spacial score (nSPS) is 11.6. The first-order chi connectivity index (χ1) is 17.0. The maximum absolute atomic E-state index is 13.2. The van der Waals surface area contributed by atoms with E-state index in [1.54, 1.807) is 38.4 Å². The highest BCUT2D eigenvalue weighted by Gasteiger charge is 2.20. The van der Waals surface area contributed by atoms with Crippen LogP contribution in [-0.4, -0.2) is 59.0 Å². The molecule has 0 saturated carbocycles. The van der Waals surface area contributed by atoms with Gasteiger partial charge < -0.3 is 19.0 Å². The SMILES string of the molecule is CCN(C)Cc1c(Cc2cccc(NS(=O)(=O)NC)c2Cl)c(=O)oc2cc(OC(=O)N(C)C)ccc12. The number of fused-ring (bicyclic) bond motifs is 1. The summed E-state index contributed by atoms with van der Waals surface area (Å²) in [4.78, 5) is 28.4. The van der Waals surface area contributed by atoms with Crippen LogP contribution in [0.25, 0.3) is 11.0 Å². The second-order valence-electron chi connectivity index (χ2n) is 8.36. The Morgan fingerprint density at radius 1 is 1.14 bits per heavy atom. The molecule has 0 aliphatic carbocycles. The predicted octanol–water partition coefficient (Wildman–Crippen LogP) is 3.43. The van der Waals surface area contributed by atoms with Crippen LogP contribution in [0.2, 0.25) is 5.02 Å². The second kappa shape index (κ2) is 11.3. The van der Waals surface area contributed by atoms with E-state index in [1.807, 2.05) is 18.9 Å². The Morgan fingerprint density at radius 2 is 1.86 bits per heavy atom. The average Bonchev–Trinajstić information content (AvgIpc) is 2.83. The summed E-state index contributed by atoms with van der Waals surface area (Å²) in [5.74, 6) is 0.249. The molecule has 0 fully saturated rings. The first-order valence-electron chi connectivity index (χ1n) is 11.1. The number of hydrogen-bond acceptors (Lipinski definition) is 7. The zero-order valence-corrected chi connectivity index (χ0v) is 22.3. The van der Waals surface area contributed by atoms with Crippen LogP contribution >= 0.6 is 11.6 Å². The van der Waals surface area contributed by atoms with Crippen LogP contribution in [0.5, 0.6) is 5.75 Å². The maximum atomic E-state index is 13.2. The van der Waals surface area contributed by atoms with Gasteiger partial charge in [0, 0.05) is 51.1 Å². The standard InChI is InChI=1S/C24H29ClN4O6S/c1-6-29(5)14-19-17-11-10-16(34-24(31)28(3)4)13-21(17)35-23(30)18(19)12-15-8-7-9-20(22(15)25)27-36(32,33)26-2/h7-11,13,26-27H,6,12,14H2,1-5H3. The smallest absolute Gasteiger partial charge is 0.414 e. The number of nitrogens with zero attached hydrogens (tertiary/aromatic N) is 2. The van der Waals surface area contributed by atoms with E-state index in [0.29, 0.717) is 23.1 Å². The largest absolute Gasteiger partial charge is 0.422 e. The second-order valence-corrected chi connectivity index (χ2v) is 10.4. The molecule has 2 aromatic carbocycles. The fraction of sp³-hybridized carbons (Fsp3) is 0.333. The van der Waals surface area contributed by atoms with Gasteiger partial charge >= 0.3 is 11.7 Å². The molecule has 0 aliphatic heterocycles. The minimum atomic E-state index is -3.78. The van der Waals surface area contributed by atoms with E-state index in [9.17, 15) is 18.0 Å². The van der Waals surface area contributed by atoms with E-state index in [-0.39, 0.29) is 28.5 Å². The van der Waals surface area contributed by atoms with Gasteiger partial charge in [-0.2, -0.15) is 8.42 Å². The Bertz CT molecular complexity index is 1440. The highest BCUT2D eigenvalue weighted by Crippen LogP contribution is 2.31. The topological polar surface area (TPSA) is 121 Å². The molecule has 1 aromatic heterocycles. The van der Waals surface area contributed by atoms with Gasteiger partial charge in [-0.3, -0.25) is 4.72 Å². The third kappa shape index (κ3) is 6.35. The molecule has 0 spiro atoms. The lowest BCUT2D eigenvalue weighted by atomic mass is 9.97. The molecule has 12 heteroatoms. The molecule has 1 amide bonds. The highest BCUT2D eigenvalue weighted by molar-refractivity contribution is 7.90. The summed E-state index contributed by atoms with van der Waals surface area (Å²) < 4.78 is 39.4. The van der Waals surface area contributed by atoms with Crippen molar-refractivity contribution in [2.24, 2.45) is 0 Å². The third-order valence-corrected chi connectivity index (χ3v) is 7.06. The number of carbonyl (C=O) groups excluding carboxylic acids is 1. The number of halogens is 1. The lowest BCUT2D eigenvalue weighted by Gasteiger charge is -2.19. The molecule has 36 heavy (non-hydrogen) atoms. The lowest BCUT2D eigenvalue weighted by molar-refractivity contribution is 0.172. The molecule has 2 N–H and O–H groups in total. The zero-order chi connectivity index (χ0) is 26.6. The summed E-state index contributed by atoms with van der Waals surface area (Å²) in [6.07, 6.45) is -0.432. The van der Waals surface area contributed by atoms with E-state index in [0.717, 1.165) is 12.1 Å². The molecule has 3 aromatic rings. The Hall–Kier alpha value is -3.12. The van der Waals surface area contributed by atoms with Crippen LogP contribution in [0.3, 0.4) is 0 Å². The molecule has 1 heterocycles. The van der Waals surface area contributed by atoms with Crippen LogP contribution in [0.15, 0.2) is 45.6 Å². The monoisotopic (exact) mass is 536 g/mol. The number of carbonyl (C=O) groups is 1. The number of hydrogen-bond donors (Lipinski definition) is 2. The first kappa shape index (κ1) is 27.5. The number of ether oxygens (including phenoxy) is 1. The van der Waals surface area contributed by atoms with Crippen LogP contribution in [0.4, 0.5) is 10.5 Å². The number of benzene rings is 2. The average molecular weight is 537 g/mol. The fourth-order valence-electron chi connectivity index (χ4n) is 3.46. The molecular weight excluding hydrogens is 508 g/mol. The van der Waals surface area contributed by atoms with Gasteiger partial charge in [0.25, 0.3) is 10.2 Å². The Balaban J connectivity index is 2.11. The van der Waals surface area contributed by atoms with Crippen molar-refractivity contribution in [1.29, 1.82) is 0 Å². The minimum Gasteiger partial charge on any atom is -0.422 e. The summed E-state index contributed by atoms with van der Waals surface area (Å²) in [6.45, 7) is 3.19. The van der Waals surface area contributed by atoms with E-state index in [1.165, 1.54) is 24.1 Å². The summed E-state index contributed by atoms with van der Waals surface area (Å²) in [5, 5.41) is 0.870. The quantitative estimate of drug-likeness (QED) is 0.402. The number of anilines is 1. The molecular formula is C24H29ClN4O6S. The highest BCUT2D eigenvalue weighted by atomic mass is 35.5. The van der Waals surface area contributed by atoms with Gasteiger partial charge in [0.05, 0.1) is 10.7 Å². The summed E-state index contributed by atoms with van der Waals surface area (Å²) in [6, 6.07) is 9.81. The van der Waals surface area contributed by atoms with Crippen molar-refractivity contribution in [2.75, 3.05) is 39.5 Å². The summed E-state index contributed by atoms with van der Waals surface area (Å²) in [5.41, 5.74) is 1.61. The third-order valence-electron chi connectivity index (χ3n) is 5.59. The Morgan fingerprint density at radius 3 is 2.50 bits per heavy atom. The van der Waals surface area contributed by atoms with Gasteiger partial charge in [-0.05, 0) is 42.9 Å². The summed E-state index contributed by atoms with van der Waals surface area (Å²) >= 11 is 6.52. The van der Waals surface area contributed by atoms with Gasteiger partial charge in [0.15, 0.2) is 0 Å². The van der Waals surface area contributed by atoms with E-state index >= 15 is 0 Å². The van der Waals surface area contributed by atoms with Crippen molar-refractivity contribution in [3.8, 4) is 5.75 Å². The number of nitrogens with one attached hydrogen (secondary N) is 2. The van der Waals surface area contributed by atoms with Crippen molar-refractivity contribution in [1.82, 2.24) is 14.5 Å². The van der Waals surface area contributed by atoms with Crippen LogP contribution in [0, 0.1) is 0 Å². The number of rotatable bonds is 9. The van der Waals surface area contributed by atoms with Crippen molar-refractivity contribution >= 4 is 44.6 Å². The van der Waals surface area contributed by atoms with Crippen LogP contribution in [0.1, 0.15) is 23.6 Å². The zero-order valence-electron chi connectivity index (χ0n) is 20.7. The first-order valence-corrected chi connectivity index (χ1v) is 13.0. The van der Waals surface area contributed by atoms with Crippen molar-refractivity contribution < 1.29 is 22.4 Å². The van der Waals surface area contributed by atoms with Gasteiger partial charge in [-0.15, -0.1) is 0 Å². The van der Waals surface area contributed by atoms with Crippen molar-refractivity contribution in [3.63, 3.8) is 0 Å². The molecule has 10 nitrogen and oxygen atoms in total. The Labute approximate surface area is 215 Å². The van der Waals surface area contributed by atoms with Gasteiger partial charge in [0.1, 0.15) is 11.3 Å². The fourth-order valence-corrected chi connectivity index (χ4v) is 4.32. The molecule has 0 saturated heterocycles. The molecule has 0 aliphatic rings. The van der Waals surface area contributed by atoms with Crippen LogP contribution in [-0.2, 0) is 23.2 Å². The lowest BCUT2D eigenvalue weighted by Crippen LogP contribution is -2.26. The van der Waals surface area contributed by atoms with Gasteiger partial charge in [-0.1, -0.05) is 30.7 Å².